The van der Waals surface area contributed by atoms with Gasteiger partial charge in [0, 0.05) is 11.8 Å². The van der Waals surface area contributed by atoms with Crippen molar-refractivity contribution in [1.82, 2.24) is 15.6 Å². The fourth-order valence-corrected chi connectivity index (χ4v) is 3.34. The standard InChI is InChI=1S/C24H22N4O3/c1-16(17-8-4-2-5-9-17)27-22(29)13-19-12-18-14-26-23(21(18)15-25-19)28-24(30)31-20-10-6-3-7-11-20/h2-12,15-16H,13-14H2,1H3,(H,27,29)(H,26,28,30)/t16-/m1/s1. The summed E-state index contributed by atoms with van der Waals surface area (Å²) in [6, 6.07) is 20.4. The summed E-state index contributed by atoms with van der Waals surface area (Å²) in [5.41, 5.74) is 3.33. The van der Waals surface area contributed by atoms with Gasteiger partial charge in [-0.3, -0.25) is 20.1 Å². The maximum absolute atomic E-state index is 12.4. The normalized spacial score (nSPS) is 13.0. The van der Waals surface area contributed by atoms with E-state index in [4.69, 9.17) is 4.74 Å². The van der Waals surface area contributed by atoms with Crippen LogP contribution in [0.15, 0.2) is 77.9 Å². The number of benzene rings is 2. The summed E-state index contributed by atoms with van der Waals surface area (Å²) in [6.07, 6.45) is 1.19. The van der Waals surface area contributed by atoms with Crippen LogP contribution in [0.3, 0.4) is 0 Å². The van der Waals surface area contributed by atoms with Gasteiger partial charge in [0.2, 0.25) is 5.91 Å². The molecule has 0 aliphatic carbocycles. The minimum absolute atomic E-state index is 0.0853. The van der Waals surface area contributed by atoms with Gasteiger partial charge in [-0.1, -0.05) is 48.5 Å². The number of amidine groups is 1. The third kappa shape index (κ3) is 5.14. The number of rotatable bonds is 5. The number of hydrogen-bond acceptors (Lipinski definition) is 5. The molecule has 1 aliphatic heterocycles. The van der Waals surface area contributed by atoms with Gasteiger partial charge in [0.05, 0.1) is 24.7 Å². The molecule has 0 bridgehead atoms. The van der Waals surface area contributed by atoms with Crippen molar-refractivity contribution in [3.63, 3.8) is 0 Å². The van der Waals surface area contributed by atoms with Gasteiger partial charge in [0.25, 0.3) is 0 Å². The Morgan fingerprint density at radius 2 is 1.77 bits per heavy atom. The molecular formula is C24H22N4O3. The Balaban J connectivity index is 1.34. The molecule has 31 heavy (non-hydrogen) atoms. The van der Waals surface area contributed by atoms with Gasteiger partial charge in [-0.05, 0) is 36.2 Å². The highest BCUT2D eigenvalue weighted by Gasteiger charge is 2.20. The lowest BCUT2D eigenvalue weighted by atomic mass is 10.1. The number of aliphatic imine (C=N–C) groups is 1. The average molecular weight is 414 g/mol. The van der Waals surface area contributed by atoms with Crippen molar-refractivity contribution in [2.24, 2.45) is 4.99 Å². The molecule has 2 amide bonds. The first-order valence-corrected chi connectivity index (χ1v) is 9.99. The molecule has 0 radical (unpaired) electrons. The first kappa shape index (κ1) is 20.3. The molecule has 7 nitrogen and oxygen atoms in total. The molecule has 2 heterocycles. The molecule has 1 aromatic heterocycles. The van der Waals surface area contributed by atoms with E-state index in [-0.39, 0.29) is 18.4 Å². The fourth-order valence-electron chi connectivity index (χ4n) is 3.34. The van der Waals surface area contributed by atoms with Crippen LogP contribution in [-0.4, -0.2) is 22.8 Å². The second kappa shape index (κ2) is 9.21. The maximum atomic E-state index is 12.4. The molecular weight excluding hydrogens is 392 g/mol. The van der Waals surface area contributed by atoms with E-state index in [0.717, 1.165) is 16.7 Å². The lowest BCUT2D eigenvalue weighted by molar-refractivity contribution is -0.121. The number of carbonyl (C=O) groups excluding carboxylic acids is 2. The van der Waals surface area contributed by atoms with Crippen LogP contribution in [0.5, 0.6) is 5.75 Å². The van der Waals surface area contributed by atoms with Crippen LogP contribution in [0.1, 0.15) is 35.3 Å². The molecule has 1 atom stereocenters. The van der Waals surface area contributed by atoms with Gasteiger partial charge in [-0.15, -0.1) is 0 Å². The van der Waals surface area contributed by atoms with E-state index in [1.807, 2.05) is 49.4 Å². The fraction of sp³-hybridized carbons (Fsp3) is 0.167. The first-order valence-electron chi connectivity index (χ1n) is 9.99. The number of para-hydroxylation sites is 1. The molecule has 156 valence electrons. The molecule has 2 N–H and O–H groups in total. The first-order chi connectivity index (χ1) is 15.1. The van der Waals surface area contributed by atoms with Crippen LogP contribution < -0.4 is 15.4 Å². The van der Waals surface area contributed by atoms with Gasteiger partial charge in [-0.2, -0.15) is 0 Å². The highest BCUT2D eigenvalue weighted by atomic mass is 16.6. The summed E-state index contributed by atoms with van der Waals surface area (Å²) in [6.45, 7) is 2.36. The molecule has 0 fully saturated rings. The van der Waals surface area contributed by atoms with Crippen molar-refractivity contribution in [1.29, 1.82) is 0 Å². The maximum Gasteiger partial charge on any atom is 0.418 e. The largest absolute Gasteiger partial charge is 0.418 e. The number of carbonyl (C=O) groups is 2. The smallest absolute Gasteiger partial charge is 0.410 e. The Hall–Kier alpha value is -4.00. The van der Waals surface area contributed by atoms with Gasteiger partial charge in [0.1, 0.15) is 11.6 Å². The van der Waals surface area contributed by atoms with Crippen molar-refractivity contribution in [3.05, 3.63) is 95.3 Å². The Morgan fingerprint density at radius 1 is 1.06 bits per heavy atom. The number of ether oxygens (including phenoxy) is 1. The number of pyridine rings is 1. The van der Waals surface area contributed by atoms with Gasteiger partial charge < -0.3 is 10.1 Å². The third-order valence-corrected chi connectivity index (χ3v) is 4.90. The molecule has 0 saturated heterocycles. The predicted octanol–water partition coefficient (Wildman–Crippen LogP) is 3.55. The van der Waals surface area contributed by atoms with Gasteiger partial charge >= 0.3 is 6.09 Å². The van der Waals surface area contributed by atoms with E-state index in [2.05, 4.69) is 20.6 Å². The third-order valence-electron chi connectivity index (χ3n) is 4.90. The number of hydrogen-bond donors (Lipinski definition) is 2. The summed E-state index contributed by atoms with van der Waals surface area (Å²) >= 11 is 0. The monoisotopic (exact) mass is 414 g/mol. The minimum atomic E-state index is -0.615. The quantitative estimate of drug-likeness (QED) is 0.668. The number of fused-ring (bicyclic) bond motifs is 1. The van der Waals surface area contributed by atoms with Crippen molar-refractivity contribution in [2.45, 2.75) is 25.9 Å². The van der Waals surface area contributed by atoms with Crippen LogP contribution >= 0.6 is 0 Å². The van der Waals surface area contributed by atoms with E-state index in [9.17, 15) is 9.59 Å². The van der Waals surface area contributed by atoms with Gasteiger partial charge in [0.15, 0.2) is 0 Å². The Morgan fingerprint density at radius 3 is 2.52 bits per heavy atom. The summed E-state index contributed by atoms with van der Waals surface area (Å²) in [4.78, 5) is 33.3. The number of amides is 2. The number of aromatic nitrogens is 1. The Kier molecular flexibility index (Phi) is 6.03. The second-order valence-electron chi connectivity index (χ2n) is 7.20. The van der Waals surface area contributed by atoms with E-state index in [1.165, 1.54) is 0 Å². The summed E-state index contributed by atoms with van der Waals surface area (Å²) < 4.78 is 5.24. The average Bonchev–Trinajstić information content (AvgIpc) is 3.16. The van der Waals surface area contributed by atoms with Crippen molar-refractivity contribution in [3.8, 4) is 5.75 Å². The van der Waals surface area contributed by atoms with Gasteiger partial charge in [-0.25, -0.2) is 4.79 Å². The van der Waals surface area contributed by atoms with Crippen LogP contribution in [0.4, 0.5) is 4.79 Å². The highest BCUT2D eigenvalue weighted by Crippen LogP contribution is 2.19. The van der Waals surface area contributed by atoms with E-state index >= 15 is 0 Å². The summed E-state index contributed by atoms with van der Waals surface area (Å²) in [5, 5.41) is 5.65. The zero-order valence-corrected chi connectivity index (χ0v) is 17.0. The molecule has 4 rings (SSSR count). The molecule has 0 spiro atoms. The molecule has 1 aliphatic rings. The Bertz CT molecular complexity index is 1110. The van der Waals surface area contributed by atoms with Crippen LogP contribution in [-0.2, 0) is 17.8 Å². The molecule has 2 aromatic carbocycles. The second-order valence-corrected chi connectivity index (χ2v) is 7.20. The summed E-state index contributed by atoms with van der Waals surface area (Å²) in [5.74, 6) is 0.757. The molecule has 0 saturated carbocycles. The zero-order valence-electron chi connectivity index (χ0n) is 17.0. The Labute approximate surface area is 180 Å². The number of nitrogens with one attached hydrogen (secondary N) is 2. The summed E-state index contributed by atoms with van der Waals surface area (Å²) in [7, 11) is 0. The molecule has 3 aromatic rings. The van der Waals surface area contributed by atoms with Crippen molar-refractivity contribution < 1.29 is 14.3 Å². The van der Waals surface area contributed by atoms with Crippen molar-refractivity contribution >= 4 is 17.8 Å². The van der Waals surface area contributed by atoms with Crippen molar-refractivity contribution in [2.75, 3.05) is 0 Å². The van der Waals surface area contributed by atoms with Crippen LogP contribution in [0.25, 0.3) is 0 Å². The van der Waals surface area contributed by atoms with E-state index in [1.54, 1.807) is 30.5 Å². The topological polar surface area (TPSA) is 92.7 Å². The van der Waals surface area contributed by atoms with Crippen LogP contribution in [0, 0.1) is 0 Å². The molecule has 7 heteroatoms. The molecule has 0 unspecified atom stereocenters. The van der Waals surface area contributed by atoms with E-state index < -0.39 is 6.09 Å². The SMILES string of the molecule is C[C@@H](NC(=O)Cc1cc2c(cn1)C(NC(=O)Oc1ccccc1)=NC2)c1ccccc1. The highest BCUT2D eigenvalue weighted by molar-refractivity contribution is 6.08. The predicted molar refractivity (Wildman–Crippen MR) is 117 cm³/mol. The minimum Gasteiger partial charge on any atom is -0.410 e. The zero-order chi connectivity index (χ0) is 21.6. The lowest BCUT2D eigenvalue weighted by Gasteiger charge is -2.14. The lowest BCUT2D eigenvalue weighted by Crippen LogP contribution is -2.33. The van der Waals surface area contributed by atoms with Crippen LogP contribution in [0.2, 0.25) is 0 Å². The number of nitrogens with zero attached hydrogens (tertiary/aromatic N) is 2. The van der Waals surface area contributed by atoms with E-state index in [0.29, 0.717) is 23.8 Å².